The molecule has 0 spiro atoms. The molecule has 1 N–H and O–H groups in total. The predicted octanol–water partition coefficient (Wildman–Crippen LogP) is 2.80. The molecule has 6 nitrogen and oxygen atoms in total. The molecular weight excluding hydrogens is 306 g/mol. The zero-order chi connectivity index (χ0) is 15.9. The standard InChI is InChI=1S/C15H14ClN3O3/c1-21-13-8-12(14(22-2)7-11(13)16)19-15(20)4-3-10-5-6-17-9-18-10/h3-9H,1-2H3,(H,19,20). The van der Waals surface area contributed by atoms with E-state index in [1.165, 1.54) is 26.6 Å². The van der Waals surface area contributed by atoms with Crippen molar-refractivity contribution < 1.29 is 14.3 Å². The van der Waals surface area contributed by atoms with Gasteiger partial charge in [-0.2, -0.15) is 0 Å². The highest BCUT2D eigenvalue weighted by Gasteiger charge is 2.11. The van der Waals surface area contributed by atoms with Crippen LogP contribution in [0.1, 0.15) is 5.69 Å². The van der Waals surface area contributed by atoms with Gasteiger partial charge in [0.1, 0.15) is 17.8 Å². The second kappa shape index (κ2) is 7.42. The molecule has 0 saturated carbocycles. The number of amides is 1. The van der Waals surface area contributed by atoms with Crippen LogP contribution in [-0.4, -0.2) is 30.1 Å². The number of carbonyl (C=O) groups excluding carboxylic acids is 1. The summed E-state index contributed by atoms with van der Waals surface area (Å²) in [4.78, 5) is 19.8. The van der Waals surface area contributed by atoms with Crippen molar-refractivity contribution >= 4 is 29.3 Å². The molecule has 114 valence electrons. The molecule has 0 radical (unpaired) electrons. The molecule has 0 unspecified atom stereocenters. The van der Waals surface area contributed by atoms with Gasteiger partial charge in [0, 0.05) is 24.4 Å². The quantitative estimate of drug-likeness (QED) is 0.858. The third-order valence-electron chi connectivity index (χ3n) is 2.74. The average Bonchev–Trinajstić information content (AvgIpc) is 2.55. The lowest BCUT2D eigenvalue weighted by molar-refractivity contribution is -0.111. The molecule has 0 aliphatic heterocycles. The normalized spacial score (nSPS) is 10.5. The molecular formula is C15H14ClN3O3. The van der Waals surface area contributed by atoms with E-state index in [0.29, 0.717) is 27.9 Å². The van der Waals surface area contributed by atoms with E-state index in [2.05, 4.69) is 15.3 Å². The summed E-state index contributed by atoms with van der Waals surface area (Å²) in [6, 6.07) is 4.86. The fourth-order valence-electron chi connectivity index (χ4n) is 1.69. The van der Waals surface area contributed by atoms with Crippen molar-refractivity contribution in [2.24, 2.45) is 0 Å². The van der Waals surface area contributed by atoms with Gasteiger partial charge in [0.25, 0.3) is 0 Å². The summed E-state index contributed by atoms with van der Waals surface area (Å²) >= 11 is 6.01. The smallest absolute Gasteiger partial charge is 0.248 e. The number of ether oxygens (including phenoxy) is 2. The third kappa shape index (κ3) is 3.95. The monoisotopic (exact) mass is 319 g/mol. The maximum absolute atomic E-state index is 12.0. The fraction of sp³-hybridized carbons (Fsp3) is 0.133. The van der Waals surface area contributed by atoms with Crippen LogP contribution in [0.2, 0.25) is 5.02 Å². The van der Waals surface area contributed by atoms with Crippen molar-refractivity contribution in [3.63, 3.8) is 0 Å². The van der Waals surface area contributed by atoms with E-state index in [1.54, 1.807) is 30.5 Å². The van der Waals surface area contributed by atoms with Gasteiger partial charge in [-0.15, -0.1) is 0 Å². The van der Waals surface area contributed by atoms with Gasteiger partial charge in [0.05, 0.1) is 30.6 Å². The molecule has 1 aromatic carbocycles. The summed E-state index contributed by atoms with van der Waals surface area (Å²) in [7, 11) is 2.98. The van der Waals surface area contributed by atoms with E-state index < -0.39 is 0 Å². The van der Waals surface area contributed by atoms with Crippen LogP contribution in [0.3, 0.4) is 0 Å². The van der Waals surface area contributed by atoms with Gasteiger partial charge in [-0.05, 0) is 12.1 Å². The number of nitrogens with zero attached hydrogens (tertiary/aromatic N) is 2. The molecule has 0 aliphatic carbocycles. The first-order chi connectivity index (χ1) is 10.6. The highest BCUT2D eigenvalue weighted by atomic mass is 35.5. The lowest BCUT2D eigenvalue weighted by atomic mass is 10.2. The minimum absolute atomic E-state index is 0.332. The highest BCUT2D eigenvalue weighted by Crippen LogP contribution is 2.35. The van der Waals surface area contributed by atoms with Crippen LogP contribution in [0, 0.1) is 0 Å². The Kier molecular flexibility index (Phi) is 5.32. The van der Waals surface area contributed by atoms with E-state index in [4.69, 9.17) is 21.1 Å². The van der Waals surface area contributed by atoms with Gasteiger partial charge in [-0.3, -0.25) is 4.79 Å². The van der Waals surface area contributed by atoms with Crippen LogP contribution in [0.15, 0.2) is 36.8 Å². The summed E-state index contributed by atoms with van der Waals surface area (Å²) in [5.41, 5.74) is 1.09. The predicted molar refractivity (Wildman–Crippen MR) is 84.3 cm³/mol. The maximum atomic E-state index is 12.0. The third-order valence-corrected chi connectivity index (χ3v) is 3.04. The fourth-order valence-corrected chi connectivity index (χ4v) is 1.92. The van der Waals surface area contributed by atoms with Crippen molar-refractivity contribution in [1.82, 2.24) is 9.97 Å². The van der Waals surface area contributed by atoms with Crippen molar-refractivity contribution in [3.05, 3.63) is 47.5 Å². The molecule has 7 heteroatoms. The average molecular weight is 320 g/mol. The second-order valence-electron chi connectivity index (χ2n) is 4.14. The molecule has 2 rings (SSSR count). The molecule has 22 heavy (non-hydrogen) atoms. The van der Waals surface area contributed by atoms with E-state index in [1.807, 2.05) is 0 Å². The SMILES string of the molecule is COc1cc(NC(=O)C=Cc2ccncn2)c(OC)cc1Cl. The minimum atomic E-state index is -0.332. The van der Waals surface area contributed by atoms with E-state index in [0.717, 1.165) is 0 Å². The van der Waals surface area contributed by atoms with Crippen LogP contribution in [-0.2, 0) is 4.79 Å². The van der Waals surface area contributed by atoms with Crippen LogP contribution >= 0.6 is 11.6 Å². The molecule has 1 amide bonds. The molecule has 0 bridgehead atoms. The zero-order valence-electron chi connectivity index (χ0n) is 12.0. The van der Waals surface area contributed by atoms with Crippen molar-refractivity contribution in [3.8, 4) is 11.5 Å². The number of aromatic nitrogens is 2. The van der Waals surface area contributed by atoms with Gasteiger partial charge >= 0.3 is 0 Å². The van der Waals surface area contributed by atoms with Gasteiger partial charge in [0.15, 0.2) is 0 Å². The first-order valence-electron chi connectivity index (χ1n) is 6.30. The van der Waals surface area contributed by atoms with Crippen LogP contribution in [0.5, 0.6) is 11.5 Å². The van der Waals surface area contributed by atoms with E-state index in [9.17, 15) is 4.79 Å². The number of halogens is 1. The number of nitrogens with one attached hydrogen (secondary N) is 1. The Hall–Kier alpha value is -2.60. The van der Waals surface area contributed by atoms with Gasteiger partial charge in [0.2, 0.25) is 5.91 Å². The summed E-state index contributed by atoms with van der Waals surface area (Å²) in [6.07, 6.45) is 5.95. The molecule has 0 saturated heterocycles. The van der Waals surface area contributed by atoms with Crippen molar-refractivity contribution in [2.75, 3.05) is 19.5 Å². The van der Waals surface area contributed by atoms with Crippen molar-refractivity contribution in [1.29, 1.82) is 0 Å². The van der Waals surface area contributed by atoms with Crippen LogP contribution < -0.4 is 14.8 Å². The second-order valence-corrected chi connectivity index (χ2v) is 4.55. The Morgan fingerprint density at radius 1 is 1.27 bits per heavy atom. The van der Waals surface area contributed by atoms with Gasteiger partial charge < -0.3 is 14.8 Å². The molecule has 2 aromatic rings. The molecule has 1 aromatic heterocycles. The number of hydrogen-bond donors (Lipinski definition) is 1. The van der Waals surface area contributed by atoms with Crippen molar-refractivity contribution in [2.45, 2.75) is 0 Å². The summed E-state index contributed by atoms with van der Waals surface area (Å²) in [6.45, 7) is 0. The Morgan fingerprint density at radius 2 is 2.05 bits per heavy atom. The lowest BCUT2D eigenvalue weighted by Crippen LogP contribution is -2.09. The number of rotatable bonds is 5. The Balaban J connectivity index is 2.16. The van der Waals surface area contributed by atoms with Crippen LogP contribution in [0.4, 0.5) is 5.69 Å². The summed E-state index contributed by atoms with van der Waals surface area (Å²) < 4.78 is 10.3. The molecule has 0 aliphatic rings. The van der Waals surface area contributed by atoms with E-state index >= 15 is 0 Å². The molecule has 1 heterocycles. The Morgan fingerprint density at radius 3 is 2.68 bits per heavy atom. The Bertz CT molecular complexity index is 690. The highest BCUT2D eigenvalue weighted by molar-refractivity contribution is 6.32. The number of methoxy groups -OCH3 is 2. The first kappa shape index (κ1) is 15.8. The number of carbonyl (C=O) groups is 1. The largest absolute Gasteiger partial charge is 0.495 e. The summed E-state index contributed by atoms with van der Waals surface area (Å²) in [5, 5.41) is 3.10. The molecule has 0 fully saturated rings. The van der Waals surface area contributed by atoms with Crippen LogP contribution in [0.25, 0.3) is 6.08 Å². The number of benzene rings is 1. The first-order valence-corrected chi connectivity index (χ1v) is 6.68. The number of anilines is 1. The molecule has 0 atom stereocenters. The lowest BCUT2D eigenvalue weighted by Gasteiger charge is -2.12. The summed E-state index contributed by atoms with van der Waals surface area (Å²) in [5.74, 6) is 0.549. The number of hydrogen-bond acceptors (Lipinski definition) is 5. The Labute approximate surface area is 132 Å². The van der Waals surface area contributed by atoms with Gasteiger partial charge in [-0.1, -0.05) is 11.6 Å². The van der Waals surface area contributed by atoms with Gasteiger partial charge in [-0.25, -0.2) is 9.97 Å². The van der Waals surface area contributed by atoms with E-state index in [-0.39, 0.29) is 5.91 Å². The maximum Gasteiger partial charge on any atom is 0.248 e. The minimum Gasteiger partial charge on any atom is -0.495 e. The zero-order valence-corrected chi connectivity index (χ0v) is 12.8. The topological polar surface area (TPSA) is 73.3 Å².